The summed E-state index contributed by atoms with van der Waals surface area (Å²) in [6.07, 6.45) is 13.7. The normalized spacial score (nSPS) is 33.7. The molecule has 2 heteroatoms. The lowest BCUT2D eigenvalue weighted by Crippen LogP contribution is -2.03. The molecule has 2 fully saturated rings. The topological polar surface area (TPSA) is 25.1 Å². The van der Waals surface area contributed by atoms with Crippen LogP contribution in [0.5, 0.6) is 0 Å². The molecule has 0 aromatic heterocycles. The van der Waals surface area contributed by atoms with Gasteiger partial charge in [0.2, 0.25) is 0 Å². The Morgan fingerprint density at radius 2 is 0.889 bits per heavy atom. The van der Waals surface area contributed by atoms with Gasteiger partial charge >= 0.3 is 0 Å². The van der Waals surface area contributed by atoms with Crippen molar-refractivity contribution in [1.29, 1.82) is 0 Å². The lowest BCUT2D eigenvalue weighted by Gasteiger charge is -2.06. The molecule has 18 heavy (non-hydrogen) atoms. The third-order valence-corrected chi connectivity index (χ3v) is 4.44. The zero-order chi connectivity index (χ0) is 12.9. The molecule has 2 atom stereocenters. The minimum atomic E-state index is 0.279. The van der Waals surface area contributed by atoms with Crippen LogP contribution in [-0.4, -0.2) is 24.4 Å². The number of rotatable bonds is 11. The van der Waals surface area contributed by atoms with Crippen molar-refractivity contribution in [2.45, 2.75) is 89.3 Å². The minimum Gasteiger partial charge on any atom is -0.370 e. The highest BCUT2D eigenvalue weighted by atomic mass is 16.6. The van der Waals surface area contributed by atoms with Crippen molar-refractivity contribution >= 4 is 0 Å². The highest BCUT2D eigenvalue weighted by Gasteiger charge is 2.38. The lowest BCUT2D eigenvalue weighted by atomic mass is 10.0. The standard InChI is InChI=1S/C16H30O2/c1-15(13-17-15)11-9-7-5-3-4-6-8-10-12-16(2)14-18-16/h3-14H2,1-2H3. The van der Waals surface area contributed by atoms with Gasteiger partial charge in [0.05, 0.1) is 24.4 Å². The van der Waals surface area contributed by atoms with Crippen LogP contribution in [0, 0.1) is 0 Å². The molecular weight excluding hydrogens is 224 g/mol. The van der Waals surface area contributed by atoms with E-state index in [-0.39, 0.29) is 11.2 Å². The summed E-state index contributed by atoms with van der Waals surface area (Å²) in [7, 11) is 0. The summed E-state index contributed by atoms with van der Waals surface area (Å²) in [4.78, 5) is 0. The molecule has 0 aromatic rings. The predicted molar refractivity (Wildman–Crippen MR) is 74.9 cm³/mol. The molecule has 0 amide bonds. The van der Waals surface area contributed by atoms with Gasteiger partial charge in [-0.2, -0.15) is 0 Å². The number of ether oxygens (including phenoxy) is 2. The fraction of sp³-hybridized carbons (Fsp3) is 1.00. The van der Waals surface area contributed by atoms with E-state index in [1.165, 1.54) is 64.2 Å². The van der Waals surface area contributed by atoms with Crippen LogP contribution in [0.3, 0.4) is 0 Å². The third kappa shape index (κ3) is 5.71. The van der Waals surface area contributed by atoms with Crippen LogP contribution >= 0.6 is 0 Å². The molecular formula is C16H30O2. The molecule has 0 spiro atoms. The molecule has 2 saturated heterocycles. The summed E-state index contributed by atoms with van der Waals surface area (Å²) in [5, 5.41) is 0. The second-order valence-electron chi connectivity index (χ2n) is 6.81. The number of epoxide rings is 2. The molecule has 106 valence electrons. The molecule has 0 bridgehead atoms. The Morgan fingerprint density at radius 3 is 1.17 bits per heavy atom. The molecule has 2 unspecified atom stereocenters. The fourth-order valence-electron chi connectivity index (χ4n) is 2.59. The average Bonchev–Trinajstić information content (AvgIpc) is 3.24. The molecule has 0 saturated carbocycles. The molecule has 2 aliphatic rings. The Bertz CT molecular complexity index is 215. The van der Waals surface area contributed by atoms with Crippen molar-refractivity contribution in [1.82, 2.24) is 0 Å². The van der Waals surface area contributed by atoms with Crippen molar-refractivity contribution < 1.29 is 9.47 Å². The maximum atomic E-state index is 5.39. The monoisotopic (exact) mass is 254 g/mol. The van der Waals surface area contributed by atoms with Crippen molar-refractivity contribution in [3.63, 3.8) is 0 Å². The molecule has 2 rings (SSSR count). The summed E-state index contributed by atoms with van der Waals surface area (Å²) in [6, 6.07) is 0. The summed E-state index contributed by atoms with van der Waals surface area (Å²) in [5.41, 5.74) is 0.558. The van der Waals surface area contributed by atoms with E-state index in [1.807, 2.05) is 0 Å². The molecule has 0 radical (unpaired) electrons. The van der Waals surface area contributed by atoms with Gasteiger partial charge in [-0.1, -0.05) is 51.4 Å². The van der Waals surface area contributed by atoms with Crippen molar-refractivity contribution in [3.8, 4) is 0 Å². The third-order valence-electron chi connectivity index (χ3n) is 4.44. The zero-order valence-corrected chi connectivity index (χ0v) is 12.3. The van der Waals surface area contributed by atoms with Crippen LogP contribution < -0.4 is 0 Å². The van der Waals surface area contributed by atoms with Crippen LogP contribution in [0.1, 0.15) is 78.1 Å². The number of unbranched alkanes of at least 4 members (excludes halogenated alkanes) is 7. The average molecular weight is 254 g/mol. The second-order valence-corrected chi connectivity index (χ2v) is 6.81. The summed E-state index contributed by atoms with van der Waals surface area (Å²) in [5.74, 6) is 0. The largest absolute Gasteiger partial charge is 0.370 e. The van der Waals surface area contributed by atoms with Crippen molar-refractivity contribution in [2.24, 2.45) is 0 Å². The Labute approximate surface area is 112 Å². The van der Waals surface area contributed by atoms with Crippen molar-refractivity contribution in [2.75, 3.05) is 13.2 Å². The van der Waals surface area contributed by atoms with E-state index in [0.29, 0.717) is 0 Å². The van der Waals surface area contributed by atoms with Gasteiger partial charge in [-0.3, -0.25) is 0 Å². The highest BCUT2D eigenvalue weighted by Crippen LogP contribution is 2.32. The number of hydrogen-bond donors (Lipinski definition) is 0. The van der Waals surface area contributed by atoms with E-state index in [4.69, 9.17) is 9.47 Å². The van der Waals surface area contributed by atoms with Gasteiger partial charge in [-0.25, -0.2) is 0 Å². The predicted octanol–water partition coefficient (Wildman–Crippen LogP) is 4.47. The summed E-state index contributed by atoms with van der Waals surface area (Å²) < 4.78 is 10.8. The van der Waals surface area contributed by atoms with Crippen LogP contribution in [0.4, 0.5) is 0 Å². The maximum Gasteiger partial charge on any atom is 0.0888 e. The van der Waals surface area contributed by atoms with E-state index in [0.717, 1.165) is 13.2 Å². The highest BCUT2D eigenvalue weighted by molar-refractivity contribution is 4.86. The van der Waals surface area contributed by atoms with Crippen LogP contribution in [-0.2, 0) is 9.47 Å². The van der Waals surface area contributed by atoms with Gasteiger partial charge in [-0.05, 0) is 26.7 Å². The van der Waals surface area contributed by atoms with Gasteiger partial charge < -0.3 is 9.47 Å². The van der Waals surface area contributed by atoms with E-state index >= 15 is 0 Å². The molecule has 2 heterocycles. The molecule has 2 nitrogen and oxygen atoms in total. The first-order chi connectivity index (χ1) is 8.62. The van der Waals surface area contributed by atoms with Crippen molar-refractivity contribution in [3.05, 3.63) is 0 Å². The fourth-order valence-corrected chi connectivity index (χ4v) is 2.59. The van der Waals surface area contributed by atoms with Crippen LogP contribution in [0.2, 0.25) is 0 Å². The first-order valence-corrected chi connectivity index (χ1v) is 7.90. The Hall–Kier alpha value is -0.0800. The molecule has 2 aliphatic heterocycles. The summed E-state index contributed by atoms with van der Waals surface area (Å²) in [6.45, 7) is 6.46. The van der Waals surface area contributed by atoms with Crippen LogP contribution in [0.15, 0.2) is 0 Å². The summed E-state index contributed by atoms with van der Waals surface area (Å²) >= 11 is 0. The first kappa shape index (κ1) is 14.3. The quantitative estimate of drug-likeness (QED) is 0.401. The molecule has 0 aliphatic carbocycles. The first-order valence-electron chi connectivity index (χ1n) is 7.90. The van der Waals surface area contributed by atoms with E-state index < -0.39 is 0 Å². The van der Waals surface area contributed by atoms with E-state index in [9.17, 15) is 0 Å². The molecule has 0 aromatic carbocycles. The maximum absolute atomic E-state index is 5.39. The zero-order valence-electron chi connectivity index (χ0n) is 12.3. The Morgan fingerprint density at radius 1 is 0.611 bits per heavy atom. The number of hydrogen-bond acceptors (Lipinski definition) is 2. The van der Waals surface area contributed by atoms with E-state index in [1.54, 1.807) is 0 Å². The van der Waals surface area contributed by atoms with Gasteiger partial charge in [0, 0.05) is 0 Å². The lowest BCUT2D eigenvalue weighted by molar-refractivity contribution is 0.299. The Kier molecular flexibility index (Phi) is 5.08. The van der Waals surface area contributed by atoms with Gasteiger partial charge in [0.25, 0.3) is 0 Å². The smallest absolute Gasteiger partial charge is 0.0888 e. The second kappa shape index (κ2) is 6.38. The van der Waals surface area contributed by atoms with Gasteiger partial charge in [0.15, 0.2) is 0 Å². The van der Waals surface area contributed by atoms with Gasteiger partial charge in [0.1, 0.15) is 0 Å². The van der Waals surface area contributed by atoms with Gasteiger partial charge in [-0.15, -0.1) is 0 Å². The van der Waals surface area contributed by atoms with E-state index in [2.05, 4.69) is 13.8 Å². The Balaban J connectivity index is 1.27. The minimum absolute atomic E-state index is 0.279. The van der Waals surface area contributed by atoms with Crippen LogP contribution in [0.25, 0.3) is 0 Å². The molecule has 0 N–H and O–H groups in total. The SMILES string of the molecule is CC1(CCCCCCCCCCC2(C)CO2)CO1.